The fraction of sp³-hybridized carbons (Fsp3) is 0.111. The molecule has 4 rings (SSSR count). The van der Waals surface area contributed by atoms with Gasteiger partial charge in [-0.1, -0.05) is 24.3 Å². The molecule has 4 nitrogen and oxygen atoms in total. The summed E-state index contributed by atoms with van der Waals surface area (Å²) in [6.45, 7) is 4.08. The molecule has 0 saturated heterocycles. The molecule has 1 amide bonds. The molecule has 0 bridgehead atoms. The normalized spacial score (nSPS) is 16.8. The first-order valence-corrected chi connectivity index (χ1v) is 8.11. The number of hydrogen-bond acceptors (Lipinski definition) is 4. The van der Waals surface area contributed by atoms with Crippen molar-refractivity contribution in [2.45, 2.75) is 6.04 Å². The standard InChI is InChI=1S/C18H13NO3S/c1-2-9-19-15(13-8-5-10-23-13)14-16(20)11-6-3-4-7-12(11)22-17(14)18(19)21/h2-8,10,15H,1,9H2. The van der Waals surface area contributed by atoms with Gasteiger partial charge < -0.3 is 9.32 Å². The van der Waals surface area contributed by atoms with Gasteiger partial charge in [0.1, 0.15) is 5.58 Å². The van der Waals surface area contributed by atoms with Crippen LogP contribution < -0.4 is 5.43 Å². The number of carbonyl (C=O) groups excluding carboxylic acids is 1. The Kier molecular flexibility index (Phi) is 3.16. The molecular weight excluding hydrogens is 310 g/mol. The van der Waals surface area contributed by atoms with Gasteiger partial charge in [-0.3, -0.25) is 9.59 Å². The highest BCUT2D eigenvalue weighted by atomic mass is 32.1. The van der Waals surface area contributed by atoms with Crippen molar-refractivity contribution in [3.05, 3.63) is 80.9 Å². The number of benzene rings is 1. The van der Waals surface area contributed by atoms with E-state index >= 15 is 0 Å². The van der Waals surface area contributed by atoms with Gasteiger partial charge in [0.25, 0.3) is 5.91 Å². The number of para-hydroxylation sites is 1. The highest BCUT2D eigenvalue weighted by molar-refractivity contribution is 7.10. The maximum absolute atomic E-state index is 13.0. The maximum Gasteiger partial charge on any atom is 0.291 e. The van der Waals surface area contributed by atoms with Crippen LogP contribution in [-0.2, 0) is 0 Å². The van der Waals surface area contributed by atoms with Crippen molar-refractivity contribution in [2.24, 2.45) is 0 Å². The molecule has 1 atom stereocenters. The lowest BCUT2D eigenvalue weighted by molar-refractivity contribution is 0.0750. The first-order valence-electron chi connectivity index (χ1n) is 7.23. The van der Waals surface area contributed by atoms with Crippen molar-refractivity contribution < 1.29 is 9.21 Å². The highest BCUT2D eigenvalue weighted by Gasteiger charge is 2.42. The molecule has 0 fully saturated rings. The van der Waals surface area contributed by atoms with E-state index in [1.54, 1.807) is 35.2 Å². The Morgan fingerprint density at radius 1 is 1.22 bits per heavy atom. The molecule has 0 radical (unpaired) electrons. The molecule has 3 aromatic rings. The topological polar surface area (TPSA) is 50.5 Å². The molecule has 1 aliphatic rings. The molecule has 0 aliphatic carbocycles. The molecule has 1 aliphatic heterocycles. The van der Waals surface area contributed by atoms with Gasteiger partial charge in [0, 0.05) is 11.4 Å². The molecule has 23 heavy (non-hydrogen) atoms. The second kappa shape index (κ2) is 5.21. The first kappa shape index (κ1) is 14.0. The van der Waals surface area contributed by atoms with E-state index in [1.807, 2.05) is 17.5 Å². The number of thiophene rings is 1. The number of nitrogens with zero attached hydrogens (tertiary/aromatic N) is 1. The molecule has 1 unspecified atom stereocenters. The van der Waals surface area contributed by atoms with Crippen molar-refractivity contribution in [1.29, 1.82) is 0 Å². The van der Waals surface area contributed by atoms with E-state index in [2.05, 4.69) is 6.58 Å². The smallest absolute Gasteiger partial charge is 0.291 e. The molecule has 3 heterocycles. The molecular formula is C18H13NO3S. The highest BCUT2D eigenvalue weighted by Crippen LogP contribution is 2.39. The van der Waals surface area contributed by atoms with E-state index in [4.69, 9.17) is 4.42 Å². The Morgan fingerprint density at radius 2 is 2.04 bits per heavy atom. The van der Waals surface area contributed by atoms with Crippen LogP contribution in [-0.4, -0.2) is 17.4 Å². The summed E-state index contributed by atoms with van der Waals surface area (Å²) in [5.74, 6) is -0.116. The minimum Gasteiger partial charge on any atom is -0.450 e. The minimum atomic E-state index is -0.406. The summed E-state index contributed by atoms with van der Waals surface area (Å²) in [5, 5.41) is 2.44. The van der Waals surface area contributed by atoms with Crippen molar-refractivity contribution in [3.8, 4) is 0 Å². The van der Waals surface area contributed by atoms with Gasteiger partial charge in [-0.05, 0) is 23.6 Å². The van der Waals surface area contributed by atoms with E-state index in [0.717, 1.165) is 4.88 Å². The third kappa shape index (κ3) is 1.97. The second-order valence-electron chi connectivity index (χ2n) is 5.33. The van der Waals surface area contributed by atoms with Crippen molar-refractivity contribution >= 4 is 28.2 Å². The predicted octanol–water partition coefficient (Wildman–Crippen LogP) is 3.59. The molecule has 0 N–H and O–H groups in total. The van der Waals surface area contributed by atoms with E-state index in [9.17, 15) is 9.59 Å². The summed E-state index contributed by atoms with van der Waals surface area (Å²) < 4.78 is 5.78. The molecule has 1 aromatic carbocycles. The third-order valence-corrected chi connectivity index (χ3v) is 4.94. The summed E-state index contributed by atoms with van der Waals surface area (Å²) in [4.78, 5) is 28.3. The number of carbonyl (C=O) groups is 1. The zero-order valence-corrected chi connectivity index (χ0v) is 13.0. The molecule has 2 aromatic heterocycles. The van der Waals surface area contributed by atoms with Crippen LogP contribution in [0.2, 0.25) is 0 Å². The number of amides is 1. The van der Waals surface area contributed by atoms with Crippen LogP contribution in [0.5, 0.6) is 0 Å². The Hall–Kier alpha value is -2.66. The maximum atomic E-state index is 13.0. The average Bonchev–Trinajstić information content (AvgIpc) is 3.17. The minimum absolute atomic E-state index is 0.139. The summed E-state index contributed by atoms with van der Waals surface area (Å²) in [6, 6.07) is 10.5. The molecule has 0 spiro atoms. The Balaban J connectivity index is 2.05. The Labute approximate surface area is 136 Å². The van der Waals surface area contributed by atoms with Gasteiger partial charge in [0.05, 0.1) is 17.0 Å². The van der Waals surface area contributed by atoms with Crippen molar-refractivity contribution in [2.75, 3.05) is 6.54 Å². The lowest BCUT2D eigenvalue weighted by Crippen LogP contribution is -2.29. The van der Waals surface area contributed by atoms with Crippen molar-refractivity contribution in [1.82, 2.24) is 4.90 Å². The van der Waals surface area contributed by atoms with Crippen LogP contribution in [0, 0.1) is 0 Å². The van der Waals surface area contributed by atoms with Crippen molar-refractivity contribution in [3.63, 3.8) is 0 Å². The number of rotatable bonds is 3. The summed E-state index contributed by atoms with van der Waals surface area (Å²) in [6.07, 6.45) is 1.66. The summed E-state index contributed by atoms with van der Waals surface area (Å²) in [5.41, 5.74) is 0.730. The summed E-state index contributed by atoms with van der Waals surface area (Å²) in [7, 11) is 0. The molecule has 0 saturated carbocycles. The van der Waals surface area contributed by atoms with E-state index in [0.29, 0.717) is 23.1 Å². The summed E-state index contributed by atoms with van der Waals surface area (Å²) >= 11 is 1.52. The van der Waals surface area contributed by atoms with Gasteiger partial charge >= 0.3 is 0 Å². The quantitative estimate of drug-likeness (QED) is 0.692. The third-order valence-electron chi connectivity index (χ3n) is 4.01. The predicted molar refractivity (Wildman–Crippen MR) is 89.9 cm³/mol. The van der Waals surface area contributed by atoms with Gasteiger partial charge in [-0.25, -0.2) is 0 Å². The van der Waals surface area contributed by atoms with Crippen LogP contribution in [0.15, 0.2) is 63.6 Å². The Morgan fingerprint density at radius 3 is 2.78 bits per heavy atom. The zero-order chi connectivity index (χ0) is 16.0. The van der Waals surface area contributed by atoms with Crippen LogP contribution in [0.3, 0.4) is 0 Å². The van der Waals surface area contributed by atoms with Gasteiger partial charge in [-0.15, -0.1) is 17.9 Å². The van der Waals surface area contributed by atoms with Gasteiger partial charge in [-0.2, -0.15) is 0 Å². The van der Waals surface area contributed by atoms with Gasteiger partial charge in [0.2, 0.25) is 5.76 Å². The fourth-order valence-electron chi connectivity index (χ4n) is 3.04. The zero-order valence-electron chi connectivity index (χ0n) is 12.2. The van der Waals surface area contributed by atoms with Crippen LogP contribution >= 0.6 is 11.3 Å². The lowest BCUT2D eigenvalue weighted by Gasteiger charge is -2.22. The Bertz CT molecular complexity index is 972. The van der Waals surface area contributed by atoms with E-state index in [1.165, 1.54) is 11.3 Å². The lowest BCUT2D eigenvalue weighted by atomic mass is 10.0. The van der Waals surface area contributed by atoms with E-state index in [-0.39, 0.29) is 17.1 Å². The number of fused-ring (bicyclic) bond motifs is 2. The number of hydrogen-bond donors (Lipinski definition) is 0. The van der Waals surface area contributed by atoms with E-state index < -0.39 is 6.04 Å². The van der Waals surface area contributed by atoms with Crippen LogP contribution in [0.1, 0.15) is 27.0 Å². The largest absolute Gasteiger partial charge is 0.450 e. The molecule has 114 valence electrons. The fourth-order valence-corrected chi connectivity index (χ4v) is 3.88. The van der Waals surface area contributed by atoms with Crippen LogP contribution in [0.25, 0.3) is 11.0 Å². The van der Waals surface area contributed by atoms with Crippen LogP contribution in [0.4, 0.5) is 0 Å². The second-order valence-corrected chi connectivity index (χ2v) is 6.31. The first-order chi connectivity index (χ1) is 11.2. The van der Waals surface area contributed by atoms with Gasteiger partial charge in [0.15, 0.2) is 5.43 Å². The monoisotopic (exact) mass is 323 g/mol. The SMILES string of the molecule is C=CCN1C(=O)c2oc3ccccc3c(=O)c2C1c1cccs1. The average molecular weight is 323 g/mol. The molecule has 5 heteroatoms.